The van der Waals surface area contributed by atoms with E-state index in [1.54, 1.807) is 0 Å². The van der Waals surface area contributed by atoms with E-state index in [4.69, 9.17) is 0 Å². The molecular weight excluding hydrogens is 212 g/mol. The zero-order chi connectivity index (χ0) is 12.3. The van der Waals surface area contributed by atoms with Gasteiger partial charge in [0.05, 0.1) is 0 Å². The predicted octanol–water partition coefficient (Wildman–Crippen LogP) is 1.44. The molecular formula is C13H28N4. The number of unbranched alkanes of at least 4 members (excludes halogenated alkanes) is 1. The Labute approximate surface area is 106 Å². The highest BCUT2D eigenvalue weighted by Crippen LogP contribution is 2.08. The summed E-state index contributed by atoms with van der Waals surface area (Å²) < 4.78 is 0. The van der Waals surface area contributed by atoms with Crippen molar-refractivity contribution in [2.24, 2.45) is 4.99 Å². The Morgan fingerprint density at radius 3 is 2.29 bits per heavy atom. The minimum atomic E-state index is 0.930. The molecule has 1 aliphatic rings. The number of nitrogens with one attached hydrogen (secondary N) is 2. The second-order valence-electron chi connectivity index (χ2n) is 4.55. The standard InChI is InChI=1S/C13H28N4/c1-3-14-13(15-4-2)16-9-5-6-10-17-11-7-8-12-17/h3-12H2,1-2H3,(H2,14,15,16). The lowest BCUT2D eigenvalue weighted by Gasteiger charge is -2.13. The van der Waals surface area contributed by atoms with Gasteiger partial charge in [-0.15, -0.1) is 0 Å². The molecule has 1 rings (SSSR count). The molecule has 100 valence electrons. The van der Waals surface area contributed by atoms with E-state index in [-0.39, 0.29) is 0 Å². The van der Waals surface area contributed by atoms with Gasteiger partial charge in [0, 0.05) is 19.6 Å². The first-order valence-electron chi connectivity index (χ1n) is 7.11. The van der Waals surface area contributed by atoms with Gasteiger partial charge in [0.15, 0.2) is 5.96 Å². The zero-order valence-electron chi connectivity index (χ0n) is 11.5. The van der Waals surface area contributed by atoms with Gasteiger partial charge in [-0.1, -0.05) is 0 Å². The Balaban J connectivity index is 2.05. The molecule has 0 bridgehead atoms. The lowest BCUT2D eigenvalue weighted by Crippen LogP contribution is -2.37. The molecule has 17 heavy (non-hydrogen) atoms. The van der Waals surface area contributed by atoms with Crippen LogP contribution in [0.4, 0.5) is 0 Å². The molecule has 0 aromatic rings. The average molecular weight is 240 g/mol. The second-order valence-corrected chi connectivity index (χ2v) is 4.55. The number of guanidine groups is 1. The molecule has 1 fully saturated rings. The largest absolute Gasteiger partial charge is 0.357 e. The summed E-state index contributed by atoms with van der Waals surface area (Å²) in [6, 6.07) is 0. The minimum absolute atomic E-state index is 0.930. The molecule has 0 radical (unpaired) electrons. The maximum atomic E-state index is 4.54. The predicted molar refractivity (Wildman–Crippen MR) is 74.6 cm³/mol. The van der Waals surface area contributed by atoms with Crippen LogP contribution < -0.4 is 10.6 Å². The molecule has 0 atom stereocenters. The van der Waals surface area contributed by atoms with Gasteiger partial charge >= 0.3 is 0 Å². The number of hydrogen-bond acceptors (Lipinski definition) is 2. The number of nitrogens with zero attached hydrogens (tertiary/aromatic N) is 2. The van der Waals surface area contributed by atoms with Crippen LogP contribution in [0.25, 0.3) is 0 Å². The van der Waals surface area contributed by atoms with Gasteiger partial charge in [0.1, 0.15) is 0 Å². The molecule has 1 heterocycles. The van der Waals surface area contributed by atoms with Crippen LogP contribution in [0.2, 0.25) is 0 Å². The SMILES string of the molecule is CCNC(=NCCCCN1CCCC1)NCC. The number of aliphatic imine (C=N–C) groups is 1. The zero-order valence-corrected chi connectivity index (χ0v) is 11.5. The minimum Gasteiger partial charge on any atom is -0.357 e. The lowest BCUT2D eigenvalue weighted by atomic mass is 10.3. The fourth-order valence-corrected chi connectivity index (χ4v) is 2.15. The molecule has 2 N–H and O–H groups in total. The van der Waals surface area contributed by atoms with E-state index in [2.05, 4.69) is 34.4 Å². The summed E-state index contributed by atoms with van der Waals surface area (Å²) in [6.07, 6.45) is 5.25. The summed E-state index contributed by atoms with van der Waals surface area (Å²) in [7, 11) is 0. The highest BCUT2D eigenvalue weighted by atomic mass is 15.2. The van der Waals surface area contributed by atoms with E-state index >= 15 is 0 Å². The molecule has 0 amide bonds. The fourth-order valence-electron chi connectivity index (χ4n) is 2.15. The van der Waals surface area contributed by atoms with Crippen molar-refractivity contribution in [1.29, 1.82) is 0 Å². The average Bonchev–Trinajstić information content (AvgIpc) is 2.82. The Bertz CT molecular complexity index is 201. The van der Waals surface area contributed by atoms with Gasteiger partial charge < -0.3 is 15.5 Å². The Morgan fingerprint density at radius 1 is 1.06 bits per heavy atom. The van der Waals surface area contributed by atoms with Crippen LogP contribution in [0.5, 0.6) is 0 Å². The van der Waals surface area contributed by atoms with Crippen LogP contribution >= 0.6 is 0 Å². The van der Waals surface area contributed by atoms with E-state index in [1.165, 1.54) is 45.3 Å². The first kappa shape index (κ1) is 14.3. The molecule has 0 aliphatic carbocycles. The molecule has 0 spiro atoms. The van der Waals surface area contributed by atoms with Crippen LogP contribution in [0.3, 0.4) is 0 Å². The van der Waals surface area contributed by atoms with Crippen LogP contribution in [0.15, 0.2) is 4.99 Å². The molecule has 0 aromatic carbocycles. The van der Waals surface area contributed by atoms with Crippen molar-refractivity contribution in [3.63, 3.8) is 0 Å². The smallest absolute Gasteiger partial charge is 0.191 e. The third kappa shape index (κ3) is 6.51. The molecule has 0 unspecified atom stereocenters. The van der Waals surface area contributed by atoms with Crippen molar-refractivity contribution < 1.29 is 0 Å². The van der Waals surface area contributed by atoms with Gasteiger partial charge in [-0.25, -0.2) is 0 Å². The Hall–Kier alpha value is -0.770. The summed E-state index contributed by atoms with van der Waals surface area (Å²) in [5, 5.41) is 6.49. The summed E-state index contributed by atoms with van der Waals surface area (Å²) in [5.74, 6) is 0.955. The normalized spacial score (nSPS) is 15.9. The number of hydrogen-bond donors (Lipinski definition) is 2. The lowest BCUT2D eigenvalue weighted by molar-refractivity contribution is 0.331. The summed E-state index contributed by atoms with van der Waals surface area (Å²) in [5.41, 5.74) is 0. The van der Waals surface area contributed by atoms with E-state index in [0.29, 0.717) is 0 Å². The third-order valence-corrected chi connectivity index (χ3v) is 3.04. The summed E-state index contributed by atoms with van der Waals surface area (Å²) in [6.45, 7) is 10.9. The van der Waals surface area contributed by atoms with E-state index in [1.807, 2.05) is 0 Å². The van der Waals surface area contributed by atoms with E-state index in [0.717, 1.165) is 25.6 Å². The Kier molecular flexibility index (Phi) is 7.80. The van der Waals surface area contributed by atoms with Crippen molar-refractivity contribution in [3.05, 3.63) is 0 Å². The van der Waals surface area contributed by atoms with Gasteiger partial charge in [-0.3, -0.25) is 4.99 Å². The van der Waals surface area contributed by atoms with Gasteiger partial charge in [-0.05, 0) is 59.2 Å². The quantitative estimate of drug-likeness (QED) is 0.402. The molecule has 4 heteroatoms. The van der Waals surface area contributed by atoms with Crippen molar-refractivity contribution in [2.45, 2.75) is 39.5 Å². The molecule has 0 saturated carbocycles. The van der Waals surface area contributed by atoms with Crippen LogP contribution in [-0.2, 0) is 0 Å². The molecule has 0 aromatic heterocycles. The summed E-state index contributed by atoms with van der Waals surface area (Å²) in [4.78, 5) is 7.11. The number of rotatable bonds is 7. The number of likely N-dealkylation sites (tertiary alicyclic amines) is 1. The second kappa shape index (κ2) is 9.28. The van der Waals surface area contributed by atoms with Crippen molar-refractivity contribution in [1.82, 2.24) is 15.5 Å². The maximum absolute atomic E-state index is 4.54. The van der Waals surface area contributed by atoms with E-state index < -0.39 is 0 Å². The third-order valence-electron chi connectivity index (χ3n) is 3.04. The van der Waals surface area contributed by atoms with Gasteiger partial charge in [0.25, 0.3) is 0 Å². The first-order chi connectivity index (χ1) is 8.36. The molecule has 1 aliphatic heterocycles. The Morgan fingerprint density at radius 2 is 1.71 bits per heavy atom. The van der Waals surface area contributed by atoms with E-state index in [9.17, 15) is 0 Å². The monoisotopic (exact) mass is 240 g/mol. The first-order valence-corrected chi connectivity index (χ1v) is 7.11. The molecule has 4 nitrogen and oxygen atoms in total. The summed E-state index contributed by atoms with van der Waals surface area (Å²) >= 11 is 0. The fraction of sp³-hybridized carbons (Fsp3) is 0.923. The highest BCUT2D eigenvalue weighted by molar-refractivity contribution is 5.79. The molecule has 1 saturated heterocycles. The topological polar surface area (TPSA) is 39.7 Å². The van der Waals surface area contributed by atoms with Crippen molar-refractivity contribution >= 4 is 5.96 Å². The highest BCUT2D eigenvalue weighted by Gasteiger charge is 2.09. The van der Waals surface area contributed by atoms with Crippen LogP contribution in [0.1, 0.15) is 39.5 Å². The van der Waals surface area contributed by atoms with Crippen molar-refractivity contribution in [2.75, 3.05) is 39.3 Å². The maximum Gasteiger partial charge on any atom is 0.191 e. The van der Waals surface area contributed by atoms with Crippen molar-refractivity contribution in [3.8, 4) is 0 Å². The van der Waals surface area contributed by atoms with Crippen LogP contribution in [0, 0.1) is 0 Å². The van der Waals surface area contributed by atoms with Crippen LogP contribution in [-0.4, -0.2) is 50.1 Å². The van der Waals surface area contributed by atoms with Gasteiger partial charge in [0.2, 0.25) is 0 Å². The van der Waals surface area contributed by atoms with Gasteiger partial charge in [-0.2, -0.15) is 0 Å².